The highest BCUT2D eigenvalue weighted by Crippen LogP contribution is 2.38. The molecule has 236 valence electrons. The molecule has 0 radical (unpaired) electrons. The van der Waals surface area contributed by atoms with Crippen LogP contribution in [0.1, 0.15) is 54.6 Å². The minimum absolute atomic E-state index is 0. The van der Waals surface area contributed by atoms with Crippen molar-refractivity contribution in [1.29, 1.82) is 0 Å². The summed E-state index contributed by atoms with van der Waals surface area (Å²) in [6, 6.07) is 27.1. The fourth-order valence-corrected chi connectivity index (χ4v) is 6.57. The lowest BCUT2D eigenvalue weighted by Gasteiger charge is -2.47. The number of rotatable bonds is 9. The molecule has 0 spiro atoms. The van der Waals surface area contributed by atoms with Crippen LogP contribution in [0.25, 0.3) is 5.69 Å². The zero-order chi connectivity index (χ0) is 29.1. The Labute approximate surface area is 268 Å². The number of ether oxygens (including phenoxy) is 1. The molecular formula is C32H37Cl2F3N6O. The molecule has 2 saturated heterocycles. The van der Waals surface area contributed by atoms with Gasteiger partial charge in [0.05, 0.1) is 12.3 Å². The summed E-state index contributed by atoms with van der Waals surface area (Å²) in [4.78, 5) is 5.13. The van der Waals surface area contributed by atoms with Crippen molar-refractivity contribution in [2.45, 2.75) is 56.9 Å². The minimum atomic E-state index is -4.67. The average molecular weight is 650 g/mol. The van der Waals surface area contributed by atoms with Gasteiger partial charge < -0.3 is 4.74 Å². The summed E-state index contributed by atoms with van der Waals surface area (Å²) < 4.78 is 47.7. The lowest BCUT2D eigenvalue weighted by molar-refractivity contribution is -0.146. The molecule has 0 N–H and O–H groups in total. The van der Waals surface area contributed by atoms with E-state index in [0.29, 0.717) is 24.9 Å². The van der Waals surface area contributed by atoms with Crippen LogP contribution in [-0.2, 0) is 12.7 Å². The lowest BCUT2D eigenvalue weighted by atomic mass is 9.82. The standard InChI is InChI=1S/C32H35F3N6O.2ClH/c1-2-18-42-29-16-15-26(41-31(32(33,34)35)36-37-38-41)19-25(29)20-39-21-27-14-9-17-40(27)28(22-39)30(23-10-5-3-6-11-23)24-12-7-4-8-13-24;;/h3-8,10-13,15-16,19,27-28,30H,2,9,14,17-18,20-22H2,1H3;2*1H/t27-,28-;;/m0../s1. The second kappa shape index (κ2) is 14.7. The number of aromatic nitrogens is 4. The van der Waals surface area contributed by atoms with Gasteiger partial charge in [0.15, 0.2) is 0 Å². The van der Waals surface area contributed by atoms with Crippen LogP contribution in [0.4, 0.5) is 13.2 Å². The quantitative estimate of drug-likeness (QED) is 0.199. The van der Waals surface area contributed by atoms with Gasteiger partial charge in [-0.05, 0) is 65.6 Å². The van der Waals surface area contributed by atoms with E-state index in [0.717, 1.165) is 49.1 Å². The van der Waals surface area contributed by atoms with Gasteiger partial charge in [0, 0.05) is 43.2 Å². The SMILES string of the molecule is CCCOc1ccc(-n2nnnc2C(F)(F)F)cc1CN1C[C@@H]2CCCN2[C@H](C(c2ccccc2)c2ccccc2)C1.Cl.Cl. The van der Waals surface area contributed by atoms with Crippen LogP contribution in [0.2, 0.25) is 0 Å². The van der Waals surface area contributed by atoms with Crippen molar-refractivity contribution in [1.82, 2.24) is 30.0 Å². The number of alkyl halides is 3. The average Bonchev–Trinajstić information content (AvgIpc) is 3.68. The van der Waals surface area contributed by atoms with Gasteiger partial charge in [-0.15, -0.1) is 29.9 Å². The van der Waals surface area contributed by atoms with Crippen LogP contribution in [0.3, 0.4) is 0 Å². The van der Waals surface area contributed by atoms with E-state index in [1.807, 2.05) is 6.92 Å². The van der Waals surface area contributed by atoms with E-state index in [-0.39, 0.29) is 42.5 Å². The Kier molecular flexibility index (Phi) is 11.3. The lowest BCUT2D eigenvalue weighted by Crippen LogP contribution is -2.57. The maximum absolute atomic E-state index is 13.6. The first kappa shape index (κ1) is 33.7. The molecule has 0 amide bonds. The first-order valence-corrected chi connectivity index (χ1v) is 14.6. The summed E-state index contributed by atoms with van der Waals surface area (Å²) in [5.41, 5.74) is 3.65. The molecule has 0 bridgehead atoms. The Balaban J connectivity index is 0.00000221. The van der Waals surface area contributed by atoms with Gasteiger partial charge in [0.2, 0.25) is 0 Å². The maximum Gasteiger partial charge on any atom is 0.453 e. The molecule has 2 fully saturated rings. The molecule has 3 heterocycles. The predicted molar refractivity (Wildman–Crippen MR) is 168 cm³/mol. The second-order valence-corrected chi connectivity index (χ2v) is 11.1. The fourth-order valence-electron chi connectivity index (χ4n) is 6.57. The number of benzene rings is 3. The van der Waals surface area contributed by atoms with Crippen molar-refractivity contribution < 1.29 is 17.9 Å². The van der Waals surface area contributed by atoms with Gasteiger partial charge in [0.25, 0.3) is 5.82 Å². The van der Waals surface area contributed by atoms with Gasteiger partial charge in [-0.1, -0.05) is 67.6 Å². The number of hydrogen-bond acceptors (Lipinski definition) is 6. The molecule has 7 nitrogen and oxygen atoms in total. The van der Waals surface area contributed by atoms with Crippen molar-refractivity contribution in [2.75, 3.05) is 26.2 Å². The molecule has 0 saturated carbocycles. The smallest absolute Gasteiger partial charge is 0.453 e. The van der Waals surface area contributed by atoms with Crippen molar-refractivity contribution in [3.8, 4) is 11.4 Å². The second-order valence-electron chi connectivity index (χ2n) is 11.1. The topological polar surface area (TPSA) is 59.3 Å². The van der Waals surface area contributed by atoms with Gasteiger partial charge in [-0.3, -0.25) is 9.80 Å². The van der Waals surface area contributed by atoms with Crippen molar-refractivity contribution >= 4 is 24.8 Å². The largest absolute Gasteiger partial charge is 0.493 e. The zero-order valence-corrected chi connectivity index (χ0v) is 26.1. The van der Waals surface area contributed by atoms with E-state index in [4.69, 9.17) is 4.74 Å². The van der Waals surface area contributed by atoms with Crippen LogP contribution in [0.5, 0.6) is 5.75 Å². The van der Waals surface area contributed by atoms with Crippen molar-refractivity contribution in [2.24, 2.45) is 0 Å². The van der Waals surface area contributed by atoms with E-state index in [1.54, 1.807) is 18.2 Å². The van der Waals surface area contributed by atoms with E-state index in [2.05, 4.69) is 86.0 Å². The number of fused-ring (bicyclic) bond motifs is 1. The van der Waals surface area contributed by atoms with Gasteiger partial charge >= 0.3 is 6.18 Å². The molecule has 3 aromatic carbocycles. The number of tetrazole rings is 1. The summed E-state index contributed by atoms with van der Waals surface area (Å²) in [5.74, 6) is -0.285. The first-order chi connectivity index (χ1) is 20.4. The van der Waals surface area contributed by atoms with Crippen LogP contribution < -0.4 is 4.74 Å². The Bertz CT molecular complexity index is 1430. The fraction of sp³-hybridized carbons (Fsp3) is 0.406. The predicted octanol–water partition coefficient (Wildman–Crippen LogP) is 6.79. The third-order valence-electron chi connectivity index (χ3n) is 8.33. The monoisotopic (exact) mass is 648 g/mol. The summed E-state index contributed by atoms with van der Waals surface area (Å²) in [6.45, 7) is 5.88. The van der Waals surface area contributed by atoms with E-state index in [9.17, 15) is 13.2 Å². The Morgan fingerprint density at radius 3 is 2.25 bits per heavy atom. The third-order valence-corrected chi connectivity index (χ3v) is 8.33. The van der Waals surface area contributed by atoms with Gasteiger partial charge in [-0.25, -0.2) is 0 Å². The highest BCUT2D eigenvalue weighted by molar-refractivity contribution is 5.85. The molecular weight excluding hydrogens is 612 g/mol. The van der Waals surface area contributed by atoms with Gasteiger partial charge in [0.1, 0.15) is 5.75 Å². The summed E-state index contributed by atoms with van der Waals surface area (Å²) in [7, 11) is 0. The summed E-state index contributed by atoms with van der Waals surface area (Å²) in [5, 5.41) is 10.2. The normalized spacial score (nSPS) is 18.8. The van der Waals surface area contributed by atoms with Crippen LogP contribution in [-0.4, -0.2) is 68.3 Å². The number of nitrogens with zero attached hydrogens (tertiary/aromatic N) is 6. The van der Waals surface area contributed by atoms with Crippen LogP contribution in [0, 0.1) is 0 Å². The summed E-state index contributed by atoms with van der Waals surface area (Å²) >= 11 is 0. The molecule has 0 aliphatic carbocycles. The molecule has 1 aromatic heterocycles. The Morgan fingerprint density at radius 2 is 1.61 bits per heavy atom. The molecule has 12 heteroatoms. The first-order valence-electron chi connectivity index (χ1n) is 14.6. The number of hydrogen-bond donors (Lipinski definition) is 0. The zero-order valence-electron chi connectivity index (χ0n) is 24.4. The van der Waals surface area contributed by atoms with Crippen molar-refractivity contribution in [3.05, 3.63) is 101 Å². The highest BCUT2D eigenvalue weighted by atomic mass is 35.5. The highest BCUT2D eigenvalue weighted by Gasteiger charge is 2.42. The summed E-state index contributed by atoms with van der Waals surface area (Å²) in [6.07, 6.45) is -1.56. The molecule has 6 rings (SSSR count). The van der Waals surface area contributed by atoms with E-state index < -0.39 is 12.0 Å². The Hall–Kier alpha value is -3.18. The number of piperazine rings is 1. The van der Waals surface area contributed by atoms with Gasteiger partial charge in [-0.2, -0.15) is 17.9 Å². The molecule has 4 aromatic rings. The van der Waals surface area contributed by atoms with E-state index in [1.165, 1.54) is 11.1 Å². The minimum Gasteiger partial charge on any atom is -0.493 e. The van der Waals surface area contributed by atoms with Crippen LogP contribution >= 0.6 is 24.8 Å². The molecule has 0 unspecified atom stereocenters. The molecule has 44 heavy (non-hydrogen) atoms. The maximum atomic E-state index is 13.6. The van der Waals surface area contributed by atoms with E-state index >= 15 is 0 Å². The van der Waals surface area contributed by atoms with Crippen LogP contribution in [0.15, 0.2) is 78.9 Å². The molecule has 2 aliphatic heterocycles. The number of halogens is 5. The third kappa shape index (κ3) is 7.20. The molecule has 2 atom stereocenters. The Morgan fingerprint density at radius 1 is 0.932 bits per heavy atom. The molecule has 2 aliphatic rings. The van der Waals surface area contributed by atoms with Crippen molar-refractivity contribution in [3.63, 3.8) is 0 Å².